The summed E-state index contributed by atoms with van der Waals surface area (Å²) >= 11 is 0. The summed E-state index contributed by atoms with van der Waals surface area (Å²) in [4.78, 5) is 39.8. The fourth-order valence-corrected chi connectivity index (χ4v) is 5.53. The van der Waals surface area contributed by atoms with Crippen molar-refractivity contribution < 1.29 is 14.0 Å². The van der Waals surface area contributed by atoms with Crippen molar-refractivity contribution in [1.29, 1.82) is 0 Å². The minimum Gasteiger partial charge on any atom is -0.441 e. The minimum atomic E-state index is -0.371. The molecule has 0 spiro atoms. The molecule has 3 aromatic rings. The Balaban J connectivity index is 1.43. The predicted molar refractivity (Wildman–Crippen MR) is 122 cm³/mol. The summed E-state index contributed by atoms with van der Waals surface area (Å²) < 4.78 is 6.27. The van der Waals surface area contributed by atoms with Crippen molar-refractivity contribution >= 4 is 11.8 Å². The van der Waals surface area contributed by atoms with Gasteiger partial charge in [-0.2, -0.15) is 0 Å². The number of amides is 2. The number of pyridine rings is 2. The van der Waals surface area contributed by atoms with E-state index in [0.717, 1.165) is 53.4 Å². The molecular formula is C26H26N4O3. The maximum absolute atomic E-state index is 12.5. The number of aryl methyl sites for hydroxylation is 2. The molecule has 3 aliphatic rings. The molecule has 0 N–H and O–H groups in total. The van der Waals surface area contributed by atoms with Gasteiger partial charge in [-0.3, -0.25) is 19.5 Å². The van der Waals surface area contributed by atoms with E-state index in [1.807, 2.05) is 0 Å². The zero-order chi connectivity index (χ0) is 22.7. The van der Waals surface area contributed by atoms with Gasteiger partial charge < -0.3 is 4.42 Å². The fourth-order valence-electron chi connectivity index (χ4n) is 5.53. The van der Waals surface area contributed by atoms with Gasteiger partial charge in [0.05, 0.1) is 17.5 Å². The van der Waals surface area contributed by atoms with E-state index in [2.05, 4.69) is 23.0 Å². The molecule has 0 unspecified atom stereocenters. The molecular weight excluding hydrogens is 416 g/mol. The molecule has 0 saturated heterocycles. The number of hydrogen-bond donors (Lipinski definition) is 0. The van der Waals surface area contributed by atoms with Crippen LogP contribution in [0.5, 0.6) is 0 Å². The normalized spacial score (nSPS) is 18.8. The van der Waals surface area contributed by atoms with Crippen molar-refractivity contribution in [2.75, 3.05) is 7.05 Å². The molecule has 1 aliphatic heterocycles. The maximum Gasteiger partial charge on any atom is 0.279 e. The quantitative estimate of drug-likeness (QED) is 0.547. The summed E-state index contributed by atoms with van der Waals surface area (Å²) in [7, 11) is 1.48. The molecule has 3 aromatic heterocycles. The lowest BCUT2D eigenvalue weighted by Gasteiger charge is -2.20. The van der Waals surface area contributed by atoms with Crippen LogP contribution in [-0.4, -0.2) is 38.7 Å². The molecule has 168 valence electrons. The lowest BCUT2D eigenvalue weighted by atomic mass is 9.85. The van der Waals surface area contributed by atoms with Crippen LogP contribution in [0.1, 0.15) is 77.0 Å². The van der Waals surface area contributed by atoms with Crippen LogP contribution in [-0.2, 0) is 19.3 Å². The Kier molecular flexibility index (Phi) is 4.50. The number of carbonyl (C=O) groups is 2. The van der Waals surface area contributed by atoms with Crippen molar-refractivity contribution in [1.82, 2.24) is 19.9 Å². The number of carbonyl (C=O) groups excluding carboxylic acids is 2. The van der Waals surface area contributed by atoms with Gasteiger partial charge in [-0.25, -0.2) is 9.97 Å². The van der Waals surface area contributed by atoms with Crippen LogP contribution in [0.25, 0.3) is 22.6 Å². The molecule has 6 rings (SSSR count). The average molecular weight is 443 g/mol. The van der Waals surface area contributed by atoms with Crippen molar-refractivity contribution in [3.8, 4) is 22.6 Å². The third-order valence-electron chi connectivity index (χ3n) is 7.46. The number of oxazole rings is 1. The highest BCUT2D eigenvalue weighted by molar-refractivity contribution is 6.20. The second kappa shape index (κ2) is 7.33. The highest BCUT2D eigenvalue weighted by atomic mass is 16.4. The van der Waals surface area contributed by atoms with Gasteiger partial charge in [-0.15, -0.1) is 0 Å². The summed E-state index contributed by atoms with van der Waals surface area (Å²) in [5.41, 5.74) is 5.36. The number of hydrogen-bond acceptors (Lipinski definition) is 6. The molecule has 7 heteroatoms. The predicted octanol–water partition coefficient (Wildman–Crippen LogP) is 4.64. The molecule has 1 fully saturated rings. The fraction of sp³-hybridized carbons (Fsp3) is 0.423. The Hall–Kier alpha value is -3.35. The largest absolute Gasteiger partial charge is 0.441 e. The molecule has 1 saturated carbocycles. The molecule has 0 bridgehead atoms. The van der Waals surface area contributed by atoms with Gasteiger partial charge in [0, 0.05) is 36.5 Å². The standard InChI is InChI=1S/C26H26N4O3/c1-26(8-3-4-9-26)12-21-27-14-20(33-21)17-10-15-6-5-7-19(15)29-22(17)16-11-18-23(28-13-16)25(32)30(2)24(18)31/h10-11,13-14H,3-9,12H2,1-2H3. The van der Waals surface area contributed by atoms with Crippen molar-refractivity contribution in [2.45, 2.75) is 58.3 Å². The van der Waals surface area contributed by atoms with Crippen LogP contribution in [0, 0.1) is 5.41 Å². The van der Waals surface area contributed by atoms with Gasteiger partial charge in [-0.05, 0) is 55.2 Å². The van der Waals surface area contributed by atoms with Crippen LogP contribution >= 0.6 is 0 Å². The molecule has 0 radical (unpaired) electrons. The van der Waals surface area contributed by atoms with Crippen LogP contribution in [0.4, 0.5) is 0 Å². The van der Waals surface area contributed by atoms with E-state index in [1.54, 1.807) is 18.5 Å². The van der Waals surface area contributed by atoms with E-state index in [9.17, 15) is 9.59 Å². The number of imide groups is 1. The Morgan fingerprint density at radius 3 is 2.61 bits per heavy atom. The van der Waals surface area contributed by atoms with Crippen LogP contribution in [0.2, 0.25) is 0 Å². The molecule has 0 atom stereocenters. The molecule has 33 heavy (non-hydrogen) atoms. The second-order valence-electron chi connectivity index (χ2n) is 9.95. The van der Waals surface area contributed by atoms with Crippen molar-refractivity contribution in [2.24, 2.45) is 5.41 Å². The van der Waals surface area contributed by atoms with Crippen LogP contribution in [0.15, 0.2) is 28.9 Å². The number of nitrogens with zero attached hydrogens (tertiary/aromatic N) is 4. The van der Waals surface area contributed by atoms with E-state index in [-0.39, 0.29) is 22.9 Å². The van der Waals surface area contributed by atoms with Gasteiger partial charge in [-0.1, -0.05) is 19.8 Å². The first kappa shape index (κ1) is 20.3. The molecule has 0 aromatic carbocycles. The molecule has 2 aliphatic carbocycles. The van der Waals surface area contributed by atoms with E-state index < -0.39 is 0 Å². The smallest absolute Gasteiger partial charge is 0.279 e. The Bertz CT molecular complexity index is 1300. The van der Waals surface area contributed by atoms with Gasteiger partial charge in [0.25, 0.3) is 11.8 Å². The second-order valence-corrected chi connectivity index (χ2v) is 9.95. The first-order chi connectivity index (χ1) is 15.9. The third-order valence-corrected chi connectivity index (χ3v) is 7.46. The summed E-state index contributed by atoms with van der Waals surface area (Å²) in [6.45, 7) is 2.32. The third kappa shape index (κ3) is 3.29. The Labute approximate surface area is 192 Å². The number of rotatable bonds is 4. The van der Waals surface area contributed by atoms with Gasteiger partial charge in [0.15, 0.2) is 11.7 Å². The number of fused-ring (bicyclic) bond motifs is 2. The van der Waals surface area contributed by atoms with Crippen LogP contribution in [0.3, 0.4) is 0 Å². The maximum atomic E-state index is 12.5. The monoisotopic (exact) mass is 442 g/mol. The van der Waals surface area contributed by atoms with Crippen LogP contribution < -0.4 is 0 Å². The molecule has 7 nitrogen and oxygen atoms in total. The first-order valence-corrected chi connectivity index (χ1v) is 11.7. The topological polar surface area (TPSA) is 89.2 Å². The van der Waals surface area contributed by atoms with E-state index >= 15 is 0 Å². The molecule has 2 amide bonds. The lowest BCUT2D eigenvalue weighted by Crippen LogP contribution is -2.24. The lowest BCUT2D eigenvalue weighted by molar-refractivity contribution is 0.0691. The summed E-state index contributed by atoms with van der Waals surface area (Å²) in [5, 5.41) is 0. The summed E-state index contributed by atoms with van der Waals surface area (Å²) in [5.74, 6) is 0.738. The highest BCUT2D eigenvalue weighted by Gasteiger charge is 2.35. The Morgan fingerprint density at radius 1 is 0.970 bits per heavy atom. The zero-order valence-corrected chi connectivity index (χ0v) is 19.0. The molecule has 4 heterocycles. The SMILES string of the molecule is CN1C(=O)c2cc(-c3nc4c(cc3-c3cnc(CC5(C)CCCC5)o3)CCC4)cnc2C1=O. The Morgan fingerprint density at radius 2 is 1.79 bits per heavy atom. The van der Waals surface area contributed by atoms with Crippen molar-refractivity contribution in [3.63, 3.8) is 0 Å². The number of aromatic nitrogens is 3. The van der Waals surface area contributed by atoms with Gasteiger partial charge in [0.1, 0.15) is 5.69 Å². The van der Waals surface area contributed by atoms with Crippen molar-refractivity contribution in [3.05, 3.63) is 52.9 Å². The zero-order valence-electron chi connectivity index (χ0n) is 19.0. The summed E-state index contributed by atoms with van der Waals surface area (Å²) in [6, 6.07) is 3.88. The van der Waals surface area contributed by atoms with Gasteiger partial charge in [0.2, 0.25) is 0 Å². The summed E-state index contributed by atoms with van der Waals surface area (Å²) in [6.07, 6.45) is 12.2. The minimum absolute atomic E-state index is 0.195. The highest BCUT2D eigenvalue weighted by Crippen LogP contribution is 2.41. The van der Waals surface area contributed by atoms with Gasteiger partial charge >= 0.3 is 0 Å². The van der Waals surface area contributed by atoms with E-state index in [4.69, 9.17) is 9.40 Å². The average Bonchev–Trinajstić information content (AvgIpc) is 3.59. The van der Waals surface area contributed by atoms with E-state index in [1.165, 1.54) is 38.3 Å². The first-order valence-electron chi connectivity index (χ1n) is 11.7. The van der Waals surface area contributed by atoms with E-state index in [0.29, 0.717) is 16.9 Å².